The number of hydrogen-bond donors (Lipinski definition) is 4. The van der Waals surface area contributed by atoms with Gasteiger partial charge in [0, 0.05) is 78.4 Å². The average molecular weight is 2050 g/mol. The van der Waals surface area contributed by atoms with Crippen LogP contribution in [0.15, 0.2) is 302 Å². The fourth-order valence-corrected chi connectivity index (χ4v) is 15.9. The molecule has 1 saturated heterocycles. The van der Waals surface area contributed by atoms with Crippen LogP contribution in [0, 0.1) is 0 Å². The van der Waals surface area contributed by atoms with Crippen LogP contribution in [0.3, 0.4) is 0 Å². The standard InChI is InChI=1S/C22H17Cl4NO2.C21H14Cl4N2O2.C15H14Cl2O.C15H12Cl2O.C8H7BrO.C7H3Cl2NO.C6H5Cl2N/c23-16-7-6-15(18(25)11-16)10-22(29)27(20-9-8-17(24)12-19(20)26)13-21(28)14-4-2-1-3-5-14;22-14-6-8-18(16(24)10-14)26-12-21(29,13-4-2-1-3-5-13)27(20(26)28)19-9-7-15(23)11-17(19)25;2*16-13-8-6-11(14(17)10-13)7-9-15(18)12-4-2-1-3-5-12;9-6-8(10)7-4-2-1-3-5-7;8-5-1-2-7(10-4-11)6(9)3-5;7-4-1-2-6(9)5(8)3-4/h1-9,11-12,21,28H,10,13H2;1-11,29H,12H2;1-6,8,10,15,18H,7,9H2;1-6,8,10H,7,9H2;1-5H,6H2;1-3H;1-3H,9H2. The zero-order chi connectivity index (χ0) is 90.2. The van der Waals surface area contributed by atoms with Crippen molar-refractivity contribution in [1.82, 2.24) is 0 Å². The summed E-state index contributed by atoms with van der Waals surface area (Å²) < 4.78 is 0. The van der Waals surface area contributed by atoms with E-state index < -0.39 is 24.0 Å². The molecule has 0 aliphatic carbocycles. The van der Waals surface area contributed by atoms with E-state index >= 15 is 0 Å². The molecule has 640 valence electrons. The Kier molecular flexibility index (Phi) is 41.9. The Hall–Kier alpha value is -7.88. The van der Waals surface area contributed by atoms with Gasteiger partial charge in [0.05, 0.1) is 90.6 Å². The number of aryl methyl sites for hydroxylation is 2. The van der Waals surface area contributed by atoms with E-state index in [4.69, 9.17) is 191 Å². The summed E-state index contributed by atoms with van der Waals surface area (Å²) in [6.07, 6.45) is 2.51. The first-order chi connectivity index (χ1) is 59.3. The van der Waals surface area contributed by atoms with E-state index in [1.165, 1.54) is 32.9 Å². The highest BCUT2D eigenvalue weighted by atomic mass is 79.9. The first kappa shape index (κ1) is 102. The lowest BCUT2D eigenvalue weighted by Gasteiger charge is -2.32. The van der Waals surface area contributed by atoms with E-state index in [0.717, 1.165) is 34.2 Å². The maximum atomic E-state index is 13.5. The van der Waals surface area contributed by atoms with Crippen LogP contribution >= 0.6 is 202 Å². The highest BCUT2D eigenvalue weighted by molar-refractivity contribution is 9.09. The molecule has 1 heterocycles. The molecule has 13 aromatic carbocycles. The number of halogens is 17. The summed E-state index contributed by atoms with van der Waals surface area (Å²) in [5.74, 6) is -0.0179. The van der Waals surface area contributed by atoms with E-state index in [1.807, 2.05) is 133 Å². The molecule has 30 heteroatoms. The molecule has 0 spiro atoms. The number of β-amino-alcohol motifs (C(OH)–C–C–N with tert-alkyl or cyclic N) is 1. The molecule has 3 amide bonds. The molecule has 3 unspecified atom stereocenters. The number of alkyl halides is 1. The minimum Gasteiger partial charge on any atom is -0.398 e. The zero-order valence-corrected chi connectivity index (χ0v) is 78.5. The van der Waals surface area contributed by atoms with E-state index in [-0.39, 0.29) is 42.0 Å². The number of Topliss-reactive ketones (excluding diaryl/α,β-unsaturated/α-hetero) is 2. The molecule has 124 heavy (non-hydrogen) atoms. The van der Waals surface area contributed by atoms with Crippen molar-refractivity contribution >= 4 is 260 Å². The summed E-state index contributed by atoms with van der Waals surface area (Å²) in [5, 5.41) is 40.4. The Balaban J connectivity index is 0.000000187. The maximum Gasteiger partial charge on any atom is 0.331 e. The number of rotatable bonds is 20. The second-order valence-corrected chi connectivity index (χ2v) is 33.9. The van der Waals surface area contributed by atoms with Crippen LogP contribution in [0.25, 0.3) is 0 Å². The molecule has 1 fully saturated rings. The van der Waals surface area contributed by atoms with Crippen molar-refractivity contribution in [2.24, 2.45) is 4.99 Å². The third-order valence-corrected chi connectivity index (χ3v) is 23.0. The average Bonchev–Trinajstić information content (AvgIpc) is 1.58. The molecule has 0 radical (unpaired) electrons. The van der Waals surface area contributed by atoms with Gasteiger partial charge < -0.3 is 26.0 Å². The summed E-state index contributed by atoms with van der Waals surface area (Å²) in [6.45, 7) is -0.0361. The van der Waals surface area contributed by atoms with Crippen LogP contribution in [0.5, 0.6) is 0 Å². The predicted octanol–water partition coefficient (Wildman–Crippen LogP) is 30.5. The van der Waals surface area contributed by atoms with E-state index in [0.29, 0.717) is 145 Å². The van der Waals surface area contributed by atoms with Crippen molar-refractivity contribution in [2.75, 3.05) is 38.9 Å². The highest BCUT2D eigenvalue weighted by Crippen LogP contribution is 2.45. The van der Waals surface area contributed by atoms with Gasteiger partial charge in [-0.25, -0.2) is 9.59 Å². The van der Waals surface area contributed by atoms with Gasteiger partial charge in [-0.15, -0.1) is 0 Å². The van der Waals surface area contributed by atoms with E-state index in [1.54, 1.807) is 152 Å². The zero-order valence-electron chi connectivity index (χ0n) is 64.8. The summed E-state index contributed by atoms with van der Waals surface area (Å²) in [4.78, 5) is 66.8. The minimum absolute atomic E-state index is 0.0232. The lowest BCUT2D eigenvalue weighted by Crippen LogP contribution is -2.45. The monoisotopic (exact) mass is 2040 g/mol. The Morgan fingerprint density at radius 1 is 0.435 bits per heavy atom. The molecule has 3 atom stereocenters. The topological polar surface area (TPSA) is 194 Å². The number of nitrogen functional groups attached to an aromatic ring is 1. The minimum atomic E-state index is -1.68. The van der Waals surface area contributed by atoms with Crippen LogP contribution in [-0.4, -0.2) is 63.3 Å². The molecule has 0 bridgehead atoms. The Morgan fingerprint density at radius 3 is 1.27 bits per heavy atom. The van der Waals surface area contributed by atoms with Gasteiger partial charge in [-0.3, -0.25) is 24.2 Å². The Morgan fingerprint density at radius 2 is 0.823 bits per heavy atom. The molecular formula is C94H72BrCl16N5O8. The van der Waals surface area contributed by atoms with Crippen molar-refractivity contribution in [3.05, 3.63) is 422 Å². The molecule has 0 aromatic heterocycles. The number of urea groups is 1. The van der Waals surface area contributed by atoms with Gasteiger partial charge in [-0.1, -0.05) is 371 Å². The predicted molar refractivity (Wildman–Crippen MR) is 520 cm³/mol. The fraction of sp³-hybridized carbons (Fsp3) is 0.117. The SMILES string of the molecule is Nc1ccc(Cl)cc1Cl.O=C(CBr)c1ccccc1.O=C(CCc1ccc(Cl)cc1Cl)c1ccccc1.O=C(Cc1ccc(Cl)cc1Cl)N(CC(O)c1ccccc1)c1ccc(Cl)cc1Cl.O=C1N(c2ccc(Cl)cc2Cl)CC(O)(c2ccccc2)N1c1ccc(Cl)cc1Cl.O=C=Nc1ccc(Cl)cc1Cl.OC(CCc1ccc(Cl)cc1Cl)c1ccccc1. The van der Waals surface area contributed by atoms with Crippen molar-refractivity contribution in [3.63, 3.8) is 0 Å². The smallest absolute Gasteiger partial charge is 0.331 e. The number of nitrogens with two attached hydrogens (primary N) is 1. The van der Waals surface area contributed by atoms with Crippen molar-refractivity contribution in [1.29, 1.82) is 0 Å². The molecule has 13 aromatic rings. The van der Waals surface area contributed by atoms with Gasteiger partial charge in [0.15, 0.2) is 17.3 Å². The number of aliphatic hydroxyl groups is 3. The fourth-order valence-electron chi connectivity index (χ4n) is 11.8. The van der Waals surface area contributed by atoms with Gasteiger partial charge in [-0.2, -0.15) is 4.99 Å². The molecular weight excluding hydrogens is 1970 g/mol. The molecule has 1 aliphatic heterocycles. The van der Waals surface area contributed by atoms with Crippen LogP contribution in [0.1, 0.15) is 79.1 Å². The number of carbonyl (C=O) groups excluding carboxylic acids is 5. The first-order valence-corrected chi connectivity index (χ1v) is 44.2. The summed E-state index contributed by atoms with van der Waals surface area (Å²) in [7, 11) is 0. The number of aliphatic hydroxyl groups excluding tert-OH is 2. The summed E-state index contributed by atoms with van der Waals surface area (Å²) in [5.41, 5.74) is 12.1. The normalized spacial score (nSPS) is 12.8. The Labute approximate surface area is 806 Å². The van der Waals surface area contributed by atoms with Crippen molar-refractivity contribution in [3.8, 4) is 0 Å². The second kappa shape index (κ2) is 51.2. The third-order valence-electron chi connectivity index (χ3n) is 18.0. The number of ketones is 2. The molecule has 5 N–H and O–H groups in total. The number of anilines is 4. The van der Waals surface area contributed by atoms with E-state index in [9.17, 15) is 39.3 Å². The number of nitrogens with zero attached hydrogens (tertiary/aromatic N) is 4. The van der Waals surface area contributed by atoms with Crippen molar-refractivity contribution in [2.45, 2.75) is 50.0 Å². The summed E-state index contributed by atoms with van der Waals surface area (Å²) in [6, 6.07) is 85.5. The van der Waals surface area contributed by atoms with Gasteiger partial charge in [-0.05, 0) is 174 Å². The molecule has 13 nitrogen and oxygen atoms in total. The molecule has 0 saturated carbocycles. The lowest BCUT2D eigenvalue weighted by atomic mass is 10.0. The van der Waals surface area contributed by atoms with Crippen LogP contribution in [0.2, 0.25) is 80.4 Å². The third kappa shape index (κ3) is 31.3. The largest absolute Gasteiger partial charge is 0.398 e. The quantitative estimate of drug-likeness (QED) is 0.0189. The number of aliphatic imine (C=N–C) groups is 1. The summed E-state index contributed by atoms with van der Waals surface area (Å²) >= 11 is 98.6. The number of amides is 3. The van der Waals surface area contributed by atoms with Gasteiger partial charge in [0.25, 0.3) is 0 Å². The van der Waals surface area contributed by atoms with Crippen LogP contribution in [0.4, 0.5) is 33.2 Å². The van der Waals surface area contributed by atoms with Gasteiger partial charge in [0.2, 0.25) is 12.0 Å². The van der Waals surface area contributed by atoms with Crippen LogP contribution in [-0.2, 0) is 34.6 Å². The lowest BCUT2D eigenvalue weighted by molar-refractivity contribution is -0.118. The second-order valence-electron chi connectivity index (χ2n) is 26.6. The molecule has 14 rings (SSSR count). The van der Waals surface area contributed by atoms with E-state index in [2.05, 4.69) is 20.9 Å². The maximum absolute atomic E-state index is 13.5. The van der Waals surface area contributed by atoms with Crippen LogP contribution < -0.4 is 20.4 Å². The Bertz CT molecular complexity index is 5760. The number of benzene rings is 13. The number of isocyanates is 1. The van der Waals surface area contributed by atoms with Gasteiger partial charge in [0.1, 0.15) is 0 Å². The molecule has 1 aliphatic rings. The number of carbonyl (C=O) groups is 4. The van der Waals surface area contributed by atoms with Crippen molar-refractivity contribution < 1.29 is 39.3 Å². The highest BCUT2D eigenvalue weighted by Gasteiger charge is 2.52. The number of hydrogen-bond acceptors (Lipinski definition) is 10. The first-order valence-electron chi connectivity index (χ1n) is 37.1. The van der Waals surface area contributed by atoms with Gasteiger partial charge >= 0.3 is 6.03 Å².